The van der Waals surface area contributed by atoms with Crippen LogP contribution in [-0.2, 0) is 4.74 Å². The van der Waals surface area contributed by atoms with E-state index in [0.29, 0.717) is 23.3 Å². The van der Waals surface area contributed by atoms with E-state index >= 15 is 0 Å². The Morgan fingerprint density at radius 3 is 2.93 bits per heavy atom. The molecule has 0 bridgehead atoms. The monoisotopic (exact) mass is 379 g/mol. The van der Waals surface area contributed by atoms with Gasteiger partial charge in [-0.1, -0.05) is 18.2 Å². The highest BCUT2D eigenvalue weighted by Gasteiger charge is 2.11. The first-order valence-electron chi connectivity index (χ1n) is 9.73. The SMILES string of the molecule is Cc1ccccc1-n1cnc2ccc(OCCN3CCCOCC3)cc2c1=O. The van der Waals surface area contributed by atoms with Gasteiger partial charge in [0.15, 0.2) is 0 Å². The van der Waals surface area contributed by atoms with Crippen molar-refractivity contribution in [3.8, 4) is 11.4 Å². The zero-order valence-corrected chi connectivity index (χ0v) is 16.1. The molecule has 28 heavy (non-hydrogen) atoms. The van der Waals surface area contributed by atoms with E-state index in [2.05, 4.69) is 9.88 Å². The van der Waals surface area contributed by atoms with E-state index in [1.165, 1.54) is 0 Å². The molecule has 1 fully saturated rings. The summed E-state index contributed by atoms with van der Waals surface area (Å²) in [6.45, 7) is 7.00. The van der Waals surface area contributed by atoms with Crippen LogP contribution in [-0.4, -0.2) is 53.9 Å². The number of ether oxygens (including phenoxy) is 2. The zero-order valence-electron chi connectivity index (χ0n) is 16.1. The van der Waals surface area contributed by atoms with Gasteiger partial charge in [-0.2, -0.15) is 0 Å². The lowest BCUT2D eigenvalue weighted by Crippen LogP contribution is -2.30. The maximum absolute atomic E-state index is 13.0. The van der Waals surface area contributed by atoms with Crippen LogP contribution in [0.15, 0.2) is 53.6 Å². The van der Waals surface area contributed by atoms with Crippen molar-refractivity contribution < 1.29 is 9.47 Å². The van der Waals surface area contributed by atoms with E-state index in [1.807, 2.05) is 43.3 Å². The Balaban J connectivity index is 1.53. The highest BCUT2D eigenvalue weighted by atomic mass is 16.5. The van der Waals surface area contributed by atoms with E-state index in [4.69, 9.17) is 9.47 Å². The zero-order chi connectivity index (χ0) is 19.3. The second kappa shape index (κ2) is 8.54. The summed E-state index contributed by atoms with van der Waals surface area (Å²) in [7, 11) is 0. The Labute approximate surface area is 164 Å². The van der Waals surface area contributed by atoms with Gasteiger partial charge in [0.2, 0.25) is 0 Å². The lowest BCUT2D eigenvalue weighted by Gasteiger charge is -2.19. The molecule has 1 aliphatic rings. The standard InChI is InChI=1S/C22H25N3O3/c1-17-5-2-3-6-21(17)25-16-23-20-8-7-18(15-19(20)22(25)26)28-14-11-24-9-4-12-27-13-10-24/h2-3,5-8,15-16H,4,9-14H2,1H3. The molecule has 146 valence electrons. The predicted molar refractivity (Wildman–Crippen MR) is 109 cm³/mol. The van der Waals surface area contributed by atoms with Crippen LogP contribution < -0.4 is 10.3 Å². The van der Waals surface area contributed by atoms with Crippen molar-refractivity contribution in [2.45, 2.75) is 13.3 Å². The number of hydrogen-bond donors (Lipinski definition) is 0. The minimum atomic E-state index is -0.0885. The summed E-state index contributed by atoms with van der Waals surface area (Å²) in [6.07, 6.45) is 2.65. The van der Waals surface area contributed by atoms with Crippen LogP contribution in [0.4, 0.5) is 0 Å². The van der Waals surface area contributed by atoms with Crippen LogP contribution in [0.1, 0.15) is 12.0 Å². The van der Waals surface area contributed by atoms with Gasteiger partial charge in [-0.3, -0.25) is 14.3 Å². The molecule has 0 amide bonds. The molecular formula is C22H25N3O3. The van der Waals surface area contributed by atoms with Gasteiger partial charge in [-0.15, -0.1) is 0 Å². The molecule has 0 saturated carbocycles. The van der Waals surface area contributed by atoms with Crippen LogP contribution in [0.25, 0.3) is 16.6 Å². The fraction of sp³-hybridized carbons (Fsp3) is 0.364. The van der Waals surface area contributed by atoms with Gasteiger partial charge in [0, 0.05) is 26.2 Å². The van der Waals surface area contributed by atoms with E-state index < -0.39 is 0 Å². The van der Waals surface area contributed by atoms with E-state index in [1.54, 1.807) is 17.0 Å². The van der Waals surface area contributed by atoms with E-state index in [0.717, 1.165) is 50.5 Å². The summed E-state index contributed by atoms with van der Waals surface area (Å²) in [5.74, 6) is 0.694. The quantitative estimate of drug-likeness (QED) is 0.682. The summed E-state index contributed by atoms with van der Waals surface area (Å²) in [4.78, 5) is 19.8. The van der Waals surface area contributed by atoms with Gasteiger partial charge in [0.25, 0.3) is 5.56 Å². The van der Waals surface area contributed by atoms with E-state index in [9.17, 15) is 4.79 Å². The molecule has 0 radical (unpaired) electrons. The van der Waals surface area contributed by atoms with Gasteiger partial charge in [0.1, 0.15) is 18.7 Å². The molecule has 3 aromatic rings. The third-order valence-corrected chi connectivity index (χ3v) is 5.10. The highest BCUT2D eigenvalue weighted by Crippen LogP contribution is 2.18. The molecule has 6 nitrogen and oxygen atoms in total. The number of nitrogens with zero attached hydrogens (tertiary/aromatic N) is 3. The maximum atomic E-state index is 13.0. The van der Waals surface area contributed by atoms with Gasteiger partial charge in [0.05, 0.1) is 23.2 Å². The molecule has 0 aliphatic carbocycles. The topological polar surface area (TPSA) is 56.6 Å². The van der Waals surface area contributed by atoms with Crippen molar-refractivity contribution in [3.63, 3.8) is 0 Å². The first kappa shape index (κ1) is 18.7. The second-order valence-electron chi connectivity index (χ2n) is 7.04. The summed E-state index contributed by atoms with van der Waals surface area (Å²) in [5, 5.41) is 0.562. The lowest BCUT2D eigenvalue weighted by molar-refractivity contribution is 0.137. The summed E-state index contributed by atoms with van der Waals surface area (Å²) < 4.78 is 13.0. The molecule has 2 heterocycles. The number of hydrogen-bond acceptors (Lipinski definition) is 5. The Morgan fingerprint density at radius 1 is 1.14 bits per heavy atom. The minimum absolute atomic E-state index is 0.0885. The van der Waals surface area contributed by atoms with Crippen molar-refractivity contribution >= 4 is 10.9 Å². The Kier molecular flexibility index (Phi) is 5.69. The average molecular weight is 379 g/mol. The van der Waals surface area contributed by atoms with Crippen LogP contribution in [0, 0.1) is 6.92 Å². The molecule has 1 aliphatic heterocycles. The summed E-state index contributed by atoms with van der Waals surface area (Å²) in [6, 6.07) is 13.3. The van der Waals surface area contributed by atoms with Crippen molar-refractivity contribution in [2.75, 3.05) is 39.5 Å². The fourth-order valence-electron chi connectivity index (χ4n) is 3.51. The summed E-state index contributed by atoms with van der Waals surface area (Å²) in [5.41, 5.74) is 2.46. The molecule has 6 heteroatoms. The van der Waals surface area contributed by atoms with Crippen molar-refractivity contribution in [1.29, 1.82) is 0 Å². The number of aromatic nitrogens is 2. The molecule has 0 spiro atoms. The second-order valence-corrected chi connectivity index (χ2v) is 7.04. The smallest absolute Gasteiger partial charge is 0.265 e. The first-order valence-corrected chi connectivity index (χ1v) is 9.73. The van der Waals surface area contributed by atoms with Gasteiger partial charge >= 0.3 is 0 Å². The predicted octanol–water partition coefficient (Wildman–Crippen LogP) is 2.80. The van der Waals surface area contributed by atoms with Crippen molar-refractivity contribution in [1.82, 2.24) is 14.5 Å². The molecule has 1 aromatic heterocycles. The number of fused-ring (bicyclic) bond motifs is 1. The van der Waals surface area contributed by atoms with E-state index in [-0.39, 0.29) is 5.56 Å². The third kappa shape index (κ3) is 4.08. The number of aryl methyl sites for hydroxylation is 1. The maximum Gasteiger partial charge on any atom is 0.265 e. The number of benzene rings is 2. The van der Waals surface area contributed by atoms with Crippen LogP contribution >= 0.6 is 0 Å². The largest absolute Gasteiger partial charge is 0.492 e. The van der Waals surface area contributed by atoms with Gasteiger partial charge in [-0.25, -0.2) is 4.98 Å². The molecular weight excluding hydrogens is 354 g/mol. The van der Waals surface area contributed by atoms with Gasteiger partial charge in [-0.05, 0) is 43.2 Å². The number of para-hydroxylation sites is 1. The van der Waals surface area contributed by atoms with Crippen molar-refractivity contribution in [2.24, 2.45) is 0 Å². The molecule has 0 atom stereocenters. The molecule has 2 aromatic carbocycles. The third-order valence-electron chi connectivity index (χ3n) is 5.10. The fourth-order valence-corrected chi connectivity index (χ4v) is 3.51. The van der Waals surface area contributed by atoms with Crippen LogP contribution in [0.2, 0.25) is 0 Å². The van der Waals surface area contributed by atoms with Gasteiger partial charge < -0.3 is 9.47 Å². The first-order chi connectivity index (χ1) is 13.7. The average Bonchev–Trinajstić information content (AvgIpc) is 2.98. The lowest BCUT2D eigenvalue weighted by atomic mass is 10.2. The highest BCUT2D eigenvalue weighted by molar-refractivity contribution is 5.79. The van der Waals surface area contributed by atoms with Crippen molar-refractivity contribution in [3.05, 3.63) is 64.7 Å². The molecule has 0 unspecified atom stereocenters. The normalized spacial score (nSPS) is 15.5. The Bertz CT molecular complexity index is 1010. The van der Waals surface area contributed by atoms with Crippen LogP contribution in [0.5, 0.6) is 5.75 Å². The molecule has 1 saturated heterocycles. The Morgan fingerprint density at radius 2 is 2.04 bits per heavy atom. The minimum Gasteiger partial charge on any atom is -0.492 e. The summed E-state index contributed by atoms with van der Waals surface area (Å²) >= 11 is 0. The molecule has 0 N–H and O–H groups in total. The molecule has 4 rings (SSSR count). The Hall–Kier alpha value is -2.70. The number of rotatable bonds is 5. The van der Waals surface area contributed by atoms with Crippen LogP contribution in [0.3, 0.4) is 0 Å².